The molecule has 0 saturated heterocycles. The molecule has 6 rings (SSSR count). The van der Waals surface area contributed by atoms with Gasteiger partial charge in [-0.05, 0) is 90.0 Å². The molecule has 0 radical (unpaired) electrons. The molecule has 0 nitrogen and oxygen atoms in total. The van der Waals surface area contributed by atoms with E-state index in [4.69, 9.17) is 0 Å². The third-order valence-electron chi connectivity index (χ3n) is 6.95. The molecule has 0 N–H and O–H groups in total. The topological polar surface area (TPSA) is 0 Å². The molecule has 0 atom stereocenters. The van der Waals surface area contributed by atoms with E-state index in [1.807, 2.05) is 18.2 Å². The summed E-state index contributed by atoms with van der Waals surface area (Å²) in [6, 6.07) is 41.8. The predicted molar refractivity (Wildman–Crippen MR) is 158 cm³/mol. The highest BCUT2D eigenvalue weighted by molar-refractivity contribution is 6.14. The molecule has 0 aliphatic carbocycles. The maximum atomic E-state index is 4.02. The monoisotopic (exact) mass is 458 g/mol. The highest BCUT2D eigenvalue weighted by atomic mass is 14.2. The molecule has 0 fully saturated rings. The van der Waals surface area contributed by atoms with Gasteiger partial charge in [-0.15, -0.1) is 0 Å². The molecule has 0 aromatic heterocycles. The number of fused-ring (bicyclic) bond motifs is 3. The van der Waals surface area contributed by atoms with Gasteiger partial charge >= 0.3 is 0 Å². The van der Waals surface area contributed by atoms with Crippen LogP contribution in [-0.2, 0) is 0 Å². The van der Waals surface area contributed by atoms with Crippen LogP contribution in [0.4, 0.5) is 0 Å². The summed E-state index contributed by atoms with van der Waals surface area (Å²) in [5.74, 6) is 0. The zero-order valence-corrected chi connectivity index (χ0v) is 20.1. The minimum Gasteiger partial charge on any atom is -0.0990 e. The number of hydrogen-bond donors (Lipinski definition) is 0. The Kier molecular flexibility index (Phi) is 5.56. The van der Waals surface area contributed by atoms with Crippen LogP contribution in [0.5, 0.6) is 0 Å². The molecule has 0 aliphatic heterocycles. The van der Waals surface area contributed by atoms with E-state index in [1.165, 1.54) is 54.6 Å². The summed E-state index contributed by atoms with van der Waals surface area (Å²) in [5.41, 5.74) is 7.15. The average Bonchev–Trinajstić information content (AvgIpc) is 2.94. The lowest BCUT2D eigenvalue weighted by Crippen LogP contribution is -1.89. The Morgan fingerprint density at radius 1 is 0.500 bits per heavy atom. The highest BCUT2D eigenvalue weighted by Crippen LogP contribution is 2.40. The van der Waals surface area contributed by atoms with Crippen LogP contribution in [-0.4, -0.2) is 0 Å². The van der Waals surface area contributed by atoms with Gasteiger partial charge in [0.2, 0.25) is 0 Å². The first-order chi connectivity index (χ1) is 17.7. The third-order valence-corrected chi connectivity index (χ3v) is 6.95. The van der Waals surface area contributed by atoms with Crippen molar-refractivity contribution < 1.29 is 0 Å². The molecule has 6 aromatic rings. The maximum Gasteiger partial charge on any atom is -0.00264 e. The average molecular weight is 459 g/mol. The molecule has 0 unspecified atom stereocenters. The Balaban J connectivity index is 1.68. The summed E-state index contributed by atoms with van der Waals surface area (Å²) in [5, 5.41) is 7.45. The van der Waals surface area contributed by atoms with Gasteiger partial charge in [-0.25, -0.2) is 0 Å². The maximum absolute atomic E-state index is 4.02. The fraction of sp³-hybridized carbons (Fsp3) is 0. The van der Waals surface area contributed by atoms with E-state index in [9.17, 15) is 0 Å². The van der Waals surface area contributed by atoms with Crippen molar-refractivity contribution in [2.45, 2.75) is 0 Å². The summed E-state index contributed by atoms with van der Waals surface area (Å²) in [7, 11) is 0. The largest absolute Gasteiger partial charge is 0.0990 e. The van der Waals surface area contributed by atoms with E-state index in [1.54, 1.807) is 0 Å². The van der Waals surface area contributed by atoms with Crippen molar-refractivity contribution in [3.63, 3.8) is 0 Å². The first kappa shape index (κ1) is 21.8. The van der Waals surface area contributed by atoms with E-state index in [2.05, 4.69) is 128 Å². The van der Waals surface area contributed by atoms with Crippen LogP contribution in [0.15, 0.2) is 147 Å². The molecule has 0 spiro atoms. The Morgan fingerprint density at radius 2 is 1.22 bits per heavy atom. The summed E-state index contributed by atoms with van der Waals surface area (Å²) in [6.45, 7) is 7.90. The van der Waals surface area contributed by atoms with Gasteiger partial charge in [-0.3, -0.25) is 0 Å². The van der Waals surface area contributed by atoms with Crippen LogP contribution in [0.1, 0.15) is 5.56 Å². The lowest BCUT2D eigenvalue weighted by Gasteiger charge is -2.15. The quantitative estimate of drug-likeness (QED) is 0.178. The van der Waals surface area contributed by atoms with Crippen LogP contribution in [0, 0.1) is 0 Å². The Morgan fingerprint density at radius 3 is 2.03 bits per heavy atom. The smallest absolute Gasteiger partial charge is 0.00264 e. The zero-order valence-electron chi connectivity index (χ0n) is 20.1. The number of benzene rings is 6. The van der Waals surface area contributed by atoms with E-state index in [0.717, 1.165) is 11.1 Å². The van der Waals surface area contributed by atoms with Gasteiger partial charge < -0.3 is 0 Å². The molecule has 170 valence electrons. The first-order valence-electron chi connectivity index (χ1n) is 12.3. The van der Waals surface area contributed by atoms with E-state index >= 15 is 0 Å². The minimum absolute atomic E-state index is 1.07. The van der Waals surface area contributed by atoms with E-state index in [-0.39, 0.29) is 0 Å². The summed E-state index contributed by atoms with van der Waals surface area (Å²) < 4.78 is 0. The SMILES string of the molecule is C=C/C=C(\C=C)c1ccc2cc3cc(-c4ccccc4)ccc3c(-c3ccc4ccccc4c3)c2c1. The fourth-order valence-electron chi connectivity index (χ4n) is 5.18. The van der Waals surface area contributed by atoms with Gasteiger partial charge in [-0.2, -0.15) is 0 Å². The standard InChI is InChI=1S/C36H26/c1-3-10-25(4-2)30-16-17-31-23-33-22-29(26-11-6-5-7-12-26)19-20-34(33)36(35(31)24-30)32-18-15-27-13-8-9-14-28(27)21-32/h3-24H,1-2H2/b25-10+. The van der Waals surface area contributed by atoms with Crippen LogP contribution in [0.2, 0.25) is 0 Å². The Bertz CT molecular complexity index is 1800. The van der Waals surface area contributed by atoms with Crippen molar-refractivity contribution in [2.75, 3.05) is 0 Å². The molecule has 0 bridgehead atoms. The Hall–Kier alpha value is -4.68. The molecule has 0 heterocycles. The second-order valence-corrected chi connectivity index (χ2v) is 9.11. The van der Waals surface area contributed by atoms with Gasteiger partial charge in [0.05, 0.1) is 0 Å². The fourth-order valence-corrected chi connectivity index (χ4v) is 5.18. The predicted octanol–water partition coefficient (Wildman–Crippen LogP) is 10.2. The van der Waals surface area contributed by atoms with Crippen molar-refractivity contribution in [2.24, 2.45) is 0 Å². The van der Waals surface area contributed by atoms with Crippen LogP contribution < -0.4 is 0 Å². The van der Waals surface area contributed by atoms with Crippen LogP contribution in [0.3, 0.4) is 0 Å². The normalized spacial score (nSPS) is 11.7. The molecule has 0 amide bonds. The van der Waals surface area contributed by atoms with Crippen LogP contribution in [0.25, 0.3) is 60.1 Å². The molecule has 6 aromatic carbocycles. The molecule has 36 heavy (non-hydrogen) atoms. The molecule has 0 saturated carbocycles. The zero-order chi connectivity index (χ0) is 24.5. The molecular formula is C36H26. The van der Waals surface area contributed by atoms with Crippen molar-refractivity contribution in [1.82, 2.24) is 0 Å². The molecule has 0 heteroatoms. The van der Waals surface area contributed by atoms with Gasteiger partial charge in [0.15, 0.2) is 0 Å². The van der Waals surface area contributed by atoms with Gasteiger partial charge in [0, 0.05) is 0 Å². The van der Waals surface area contributed by atoms with Gasteiger partial charge in [0.1, 0.15) is 0 Å². The van der Waals surface area contributed by atoms with Gasteiger partial charge in [0.25, 0.3) is 0 Å². The summed E-state index contributed by atoms with van der Waals surface area (Å²) >= 11 is 0. The van der Waals surface area contributed by atoms with Crippen molar-refractivity contribution in [1.29, 1.82) is 0 Å². The molecule has 0 aliphatic rings. The summed E-state index contributed by atoms with van der Waals surface area (Å²) in [6.07, 6.45) is 5.72. The number of allylic oxidation sites excluding steroid dienone is 4. The van der Waals surface area contributed by atoms with Gasteiger partial charge in [-0.1, -0.05) is 122 Å². The molecular weight excluding hydrogens is 432 g/mol. The second kappa shape index (κ2) is 9.17. The Labute approximate surface area is 212 Å². The number of hydrogen-bond acceptors (Lipinski definition) is 0. The van der Waals surface area contributed by atoms with Crippen molar-refractivity contribution in [3.8, 4) is 22.3 Å². The number of rotatable bonds is 5. The minimum atomic E-state index is 1.07. The summed E-state index contributed by atoms with van der Waals surface area (Å²) in [4.78, 5) is 0. The van der Waals surface area contributed by atoms with Crippen molar-refractivity contribution in [3.05, 3.63) is 152 Å². The lowest BCUT2D eigenvalue weighted by atomic mass is 9.88. The second-order valence-electron chi connectivity index (χ2n) is 9.11. The lowest BCUT2D eigenvalue weighted by molar-refractivity contribution is 1.64. The third kappa shape index (κ3) is 3.83. The first-order valence-corrected chi connectivity index (χ1v) is 12.3. The van der Waals surface area contributed by atoms with E-state index < -0.39 is 0 Å². The van der Waals surface area contributed by atoms with Crippen LogP contribution >= 0.6 is 0 Å². The highest BCUT2D eigenvalue weighted by Gasteiger charge is 2.13. The van der Waals surface area contributed by atoms with Crippen molar-refractivity contribution >= 4 is 37.9 Å². The van der Waals surface area contributed by atoms with E-state index in [0.29, 0.717) is 0 Å².